The molecule has 0 spiro atoms. The van der Waals surface area contributed by atoms with Crippen LogP contribution < -0.4 is 0 Å². The van der Waals surface area contributed by atoms with Gasteiger partial charge in [0.05, 0.1) is 0 Å². The third-order valence-electron chi connectivity index (χ3n) is 2.80. The second-order valence-electron chi connectivity index (χ2n) is 5.28. The molecule has 0 N–H and O–H groups in total. The van der Waals surface area contributed by atoms with Crippen molar-refractivity contribution in [2.24, 2.45) is 5.41 Å². The highest BCUT2D eigenvalue weighted by Crippen LogP contribution is 2.34. The maximum Gasteiger partial charge on any atom is 0.159 e. The van der Waals surface area contributed by atoms with Crippen molar-refractivity contribution < 1.29 is 4.74 Å². The van der Waals surface area contributed by atoms with E-state index >= 15 is 0 Å². The van der Waals surface area contributed by atoms with Gasteiger partial charge in [-0.15, -0.1) is 0 Å². The summed E-state index contributed by atoms with van der Waals surface area (Å²) in [4.78, 5) is 8.92. The minimum absolute atomic E-state index is 0.0572. The highest BCUT2D eigenvalue weighted by atomic mass is 35.5. The molecule has 0 aliphatic rings. The zero-order valence-electron chi connectivity index (χ0n) is 11.5. The van der Waals surface area contributed by atoms with Crippen molar-refractivity contribution in [3.8, 4) is 0 Å². The Morgan fingerprint density at radius 1 is 1.29 bits per heavy atom. The minimum Gasteiger partial charge on any atom is -0.373 e. The molecule has 1 atom stereocenters. The largest absolute Gasteiger partial charge is 0.373 e. The van der Waals surface area contributed by atoms with Crippen molar-refractivity contribution in [3.05, 3.63) is 22.2 Å². The van der Waals surface area contributed by atoms with Gasteiger partial charge in [0.15, 0.2) is 5.82 Å². The van der Waals surface area contributed by atoms with E-state index in [0.29, 0.717) is 11.0 Å². The molecule has 1 aromatic heterocycles. The van der Waals surface area contributed by atoms with Gasteiger partial charge in [-0.3, -0.25) is 0 Å². The van der Waals surface area contributed by atoms with Gasteiger partial charge in [-0.2, -0.15) is 0 Å². The molecule has 0 saturated heterocycles. The van der Waals surface area contributed by atoms with Crippen molar-refractivity contribution >= 4 is 11.6 Å². The molecule has 0 aliphatic heterocycles. The van der Waals surface area contributed by atoms with Gasteiger partial charge in [0, 0.05) is 18.4 Å². The molecule has 3 nitrogen and oxygen atoms in total. The van der Waals surface area contributed by atoms with E-state index in [1.165, 1.54) is 0 Å². The lowest BCUT2D eigenvalue weighted by Crippen LogP contribution is -2.23. The first-order valence-corrected chi connectivity index (χ1v) is 6.24. The van der Waals surface area contributed by atoms with Crippen LogP contribution in [-0.4, -0.2) is 17.1 Å². The number of halogens is 1. The van der Waals surface area contributed by atoms with E-state index in [1.54, 1.807) is 7.11 Å². The van der Waals surface area contributed by atoms with Gasteiger partial charge >= 0.3 is 0 Å². The van der Waals surface area contributed by atoms with Crippen LogP contribution in [0.2, 0.25) is 5.15 Å². The number of methoxy groups -OCH3 is 1. The monoisotopic (exact) mass is 256 g/mol. The summed E-state index contributed by atoms with van der Waals surface area (Å²) < 4.78 is 5.51. The molecule has 1 rings (SSSR count). The Morgan fingerprint density at radius 2 is 1.88 bits per heavy atom. The molecule has 0 radical (unpaired) electrons. The summed E-state index contributed by atoms with van der Waals surface area (Å²) in [7, 11) is 1.68. The third-order valence-corrected chi connectivity index (χ3v) is 3.16. The molecule has 0 aromatic carbocycles. The molecule has 0 aliphatic carbocycles. The molecule has 0 bridgehead atoms. The second kappa shape index (κ2) is 5.32. The lowest BCUT2D eigenvalue weighted by atomic mass is 9.88. The van der Waals surface area contributed by atoms with Crippen molar-refractivity contribution in [2.45, 2.75) is 47.1 Å². The summed E-state index contributed by atoms with van der Waals surface area (Å²) in [6, 6.07) is 0. The van der Waals surface area contributed by atoms with Crippen LogP contribution in [0.1, 0.15) is 50.9 Å². The highest BCUT2D eigenvalue weighted by molar-refractivity contribution is 6.30. The molecule has 0 amide bonds. The number of ether oxygens (including phenoxy) is 1. The summed E-state index contributed by atoms with van der Waals surface area (Å²) in [5.74, 6) is 0.674. The molecular formula is C13H21ClN2O. The molecule has 0 saturated carbocycles. The first-order valence-electron chi connectivity index (χ1n) is 5.87. The number of rotatable bonds is 3. The van der Waals surface area contributed by atoms with Gasteiger partial charge in [-0.25, -0.2) is 9.97 Å². The Bertz CT molecular complexity index is 399. The molecule has 1 unspecified atom stereocenters. The van der Waals surface area contributed by atoms with Crippen LogP contribution in [0.25, 0.3) is 0 Å². The number of hydrogen-bond acceptors (Lipinski definition) is 3. The standard InChI is InChI=1S/C13H21ClN2O/c1-7-9-8(2)11(14)16-12(15-9)10(17-6)13(3,4)5/h10H,7H2,1-6H3. The van der Waals surface area contributed by atoms with Crippen LogP contribution in [0, 0.1) is 12.3 Å². The zero-order valence-corrected chi connectivity index (χ0v) is 12.2. The Hall–Kier alpha value is -0.670. The molecule has 1 heterocycles. The quantitative estimate of drug-likeness (QED) is 0.773. The van der Waals surface area contributed by atoms with Crippen molar-refractivity contribution in [3.63, 3.8) is 0 Å². The van der Waals surface area contributed by atoms with Crippen LogP contribution in [-0.2, 0) is 11.2 Å². The lowest BCUT2D eigenvalue weighted by molar-refractivity contribution is 0.00849. The van der Waals surface area contributed by atoms with Crippen LogP contribution >= 0.6 is 11.6 Å². The SMILES string of the molecule is CCc1nc(C(OC)C(C)(C)C)nc(Cl)c1C. The maximum atomic E-state index is 6.14. The Morgan fingerprint density at radius 3 is 2.29 bits per heavy atom. The summed E-state index contributed by atoms with van der Waals surface area (Å²) in [6.07, 6.45) is 0.702. The fourth-order valence-electron chi connectivity index (χ4n) is 1.86. The van der Waals surface area contributed by atoms with Crippen molar-refractivity contribution in [2.75, 3.05) is 7.11 Å². The van der Waals surface area contributed by atoms with Gasteiger partial charge in [-0.05, 0) is 18.8 Å². The summed E-state index contributed by atoms with van der Waals surface area (Å²) in [5.41, 5.74) is 1.89. The average molecular weight is 257 g/mol. The summed E-state index contributed by atoms with van der Waals surface area (Å²) in [5, 5.41) is 0.526. The number of nitrogens with zero attached hydrogens (tertiary/aromatic N) is 2. The summed E-state index contributed by atoms with van der Waals surface area (Å²) >= 11 is 6.14. The molecule has 96 valence electrons. The minimum atomic E-state index is -0.147. The van der Waals surface area contributed by atoms with Crippen molar-refractivity contribution in [1.29, 1.82) is 0 Å². The zero-order chi connectivity index (χ0) is 13.2. The molecule has 17 heavy (non-hydrogen) atoms. The smallest absolute Gasteiger partial charge is 0.159 e. The topological polar surface area (TPSA) is 35.0 Å². The Kier molecular flexibility index (Phi) is 4.50. The Balaban J connectivity index is 3.26. The van der Waals surface area contributed by atoms with Gasteiger partial charge in [-0.1, -0.05) is 39.3 Å². The maximum absolute atomic E-state index is 6.14. The van der Waals surface area contributed by atoms with E-state index in [2.05, 4.69) is 37.7 Å². The van der Waals surface area contributed by atoms with E-state index in [9.17, 15) is 0 Å². The summed E-state index contributed by atoms with van der Waals surface area (Å²) in [6.45, 7) is 10.3. The van der Waals surface area contributed by atoms with E-state index in [0.717, 1.165) is 17.7 Å². The highest BCUT2D eigenvalue weighted by Gasteiger charge is 2.29. The van der Waals surface area contributed by atoms with Crippen LogP contribution in [0.4, 0.5) is 0 Å². The molecule has 0 fully saturated rings. The van der Waals surface area contributed by atoms with E-state index in [-0.39, 0.29) is 11.5 Å². The van der Waals surface area contributed by atoms with Crippen LogP contribution in [0.3, 0.4) is 0 Å². The fourth-order valence-corrected chi connectivity index (χ4v) is 2.05. The van der Waals surface area contributed by atoms with Crippen LogP contribution in [0.15, 0.2) is 0 Å². The van der Waals surface area contributed by atoms with Crippen molar-refractivity contribution in [1.82, 2.24) is 9.97 Å². The van der Waals surface area contributed by atoms with Gasteiger partial charge in [0.2, 0.25) is 0 Å². The van der Waals surface area contributed by atoms with Gasteiger partial charge in [0.1, 0.15) is 11.3 Å². The molecule has 1 aromatic rings. The van der Waals surface area contributed by atoms with E-state index < -0.39 is 0 Å². The van der Waals surface area contributed by atoms with Gasteiger partial charge < -0.3 is 4.74 Å². The fraction of sp³-hybridized carbons (Fsp3) is 0.692. The number of hydrogen-bond donors (Lipinski definition) is 0. The predicted molar refractivity (Wildman–Crippen MR) is 70.4 cm³/mol. The lowest BCUT2D eigenvalue weighted by Gasteiger charge is -2.28. The van der Waals surface area contributed by atoms with Crippen LogP contribution in [0.5, 0.6) is 0 Å². The number of aromatic nitrogens is 2. The number of aryl methyl sites for hydroxylation is 1. The van der Waals surface area contributed by atoms with E-state index in [4.69, 9.17) is 16.3 Å². The molecule has 4 heteroatoms. The first-order chi connectivity index (χ1) is 7.81. The first kappa shape index (κ1) is 14.4. The normalized spacial score (nSPS) is 13.8. The second-order valence-corrected chi connectivity index (χ2v) is 5.64. The third kappa shape index (κ3) is 3.17. The molecular weight excluding hydrogens is 236 g/mol. The Labute approximate surface area is 109 Å². The predicted octanol–water partition coefficient (Wildman–Crippen LogP) is 3.73. The van der Waals surface area contributed by atoms with Gasteiger partial charge in [0.25, 0.3) is 0 Å². The van der Waals surface area contributed by atoms with E-state index in [1.807, 2.05) is 6.92 Å². The average Bonchev–Trinajstić information content (AvgIpc) is 2.21.